The highest BCUT2D eigenvalue weighted by atomic mass is 16.3. The minimum Gasteiger partial charge on any atom is -0.393 e. The fraction of sp³-hybridized carbons (Fsp3) is 0.871. The third kappa shape index (κ3) is 2.54. The molecule has 190 valence electrons. The first-order chi connectivity index (χ1) is 15.7. The summed E-state index contributed by atoms with van der Waals surface area (Å²) in [5.41, 5.74) is 2.21. The van der Waals surface area contributed by atoms with Crippen molar-refractivity contribution >= 4 is 12.1 Å². The van der Waals surface area contributed by atoms with Crippen molar-refractivity contribution in [3.8, 4) is 0 Å². The van der Waals surface area contributed by atoms with E-state index in [2.05, 4.69) is 55.4 Å². The topological polar surface area (TPSA) is 54.4 Å². The zero-order valence-corrected chi connectivity index (χ0v) is 23.0. The third-order valence-electron chi connectivity index (χ3n) is 13.8. The van der Waals surface area contributed by atoms with E-state index in [9.17, 15) is 14.7 Å². The van der Waals surface area contributed by atoms with Crippen LogP contribution in [0.25, 0.3) is 0 Å². The lowest BCUT2D eigenvalue weighted by Gasteiger charge is -2.75. The summed E-state index contributed by atoms with van der Waals surface area (Å²) in [5.74, 6) is 1.37. The van der Waals surface area contributed by atoms with Crippen LogP contribution in [0.1, 0.15) is 113 Å². The number of aliphatic hydroxyl groups excluding tert-OH is 1. The number of carbonyl (C=O) groups excluding carboxylic acids is 2. The second-order valence-electron chi connectivity index (χ2n) is 14.9. The second kappa shape index (κ2) is 7.08. The first-order valence-corrected chi connectivity index (χ1v) is 14.1. The van der Waals surface area contributed by atoms with Crippen molar-refractivity contribution in [2.24, 2.45) is 50.2 Å². The Morgan fingerprint density at radius 2 is 1.50 bits per heavy atom. The van der Waals surface area contributed by atoms with Crippen molar-refractivity contribution in [1.82, 2.24) is 0 Å². The Morgan fingerprint density at radius 3 is 2.12 bits per heavy atom. The van der Waals surface area contributed by atoms with E-state index in [0.717, 1.165) is 50.4 Å². The number of hydrogen-bond donors (Lipinski definition) is 1. The van der Waals surface area contributed by atoms with Crippen LogP contribution in [0, 0.1) is 50.2 Å². The highest BCUT2D eigenvalue weighted by Crippen LogP contribution is 2.79. The molecule has 0 aromatic carbocycles. The maximum absolute atomic E-state index is 13.2. The van der Waals surface area contributed by atoms with Crippen molar-refractivity contribution in [2.45, 2.75) is 119 Å². The van der Waals surface area contributed by atoms with Gasteiger partial charge in [-0.15, -0.1) is 0 Å². The maximum Gasteiger partial charge on any atom is 0.160 e. The first kappa shape index (κ1) is 24.7. The van der Waals surface area contributed by atoms with Crippen molar-refractivity contribution in [2.75, 3.05) is 0 Å². The average molecular weight is 469 g/mol. The van der Waals surface area contributed by atoms with Gasteiger partial charge in [-0.2, -0.15) is 0 Å². The molecule has 0 aliphatic heterocycles. The van der Waals surface area contributed by atoms with Crippen LogP contribution in [-0.2, 0) is 9.59 Å². The molecule has 0 heterocycles. The molecule has 5 aliphatic rings. The standard InChI is InChI=1S/C31H48O3/c1-19(2)24-21(33)17-31(18-32)16-14-27(5)20(25(24)31)9-10-22-28(27,6)13-15-30(8)26(3,4)23(34)11-12-29(22,30)7/h18-20,22-23,34H,9-17H2,1-8H3/t20-,22+,23+,27-,28-,29-,30+,31+/m1/s1. The molecule has 0 unspecified atom stereocenters. The first-order valence-electron chi connectivity index (χ1n) is 14.1. The molecule has 0 radical (unpaired) electrons. The summed E-state index contributed by atoms with van der Waals surface area (Å²) in [7, 11) is 0. The number of aliphatic hydroxyl groups is 1. The van der Waals surface area contributed by atoms with Gasteiger partial charge in [-0.25, -0.2) is 0 Å². The summed E-state index contributed by atoms with van der Waals surface area (Å²) in [6.45, 7) is 19.1. The summed E-state index contributed by atoms with van der Waals surface area (Å²) in [6.07, 6.45) is 9.83. The molecule has 0 aromatic heterocycles. The molecule has 8 atom stereocenters. The van der Waals surface area contributed by atoms with Crippen LogP contribution in [0.2, 0.25) is 0 Å². The van der Waals surface area contributed by atoms with E-state index in [1.54, 1.807) is 0 Å². The van der Waals surface area contributed by atoms with Gasteiger partial charge >= 0.3 is 0 Å². The minimum absolute atomic E-state index is 0.0937. The van der Waals surface area contributed by atoms with E-state index in [1.807, 2.05) is 0 Å². The Kier molecular flexibility index (Phi) is 5.15. The average Bonchev–Trinajstić information content (AvgIpc) is 3.07. The summed E-state index contributed by atoms with van der Waals surface area (Å²) < 4.78 is 0. The summed E-state index contributed by atoms with van der Waals surface area (Å²) in [6, 6.07) is 0. The van der Waals surface area contributed by atoms with Crippen LogP contribution < -0.4 is 0 Å². The van der Waals surface area contributed by atoms with E-state index in [0.29, 0.717) is 18.3 Å². The van der Waals surface area contributed by atoms with Gasteiger partial charge in [0.1, 0.15) is 6.29 Å². The Morgan fingerprint density at radius 1 is 0.853 bits per heavy atom. The Labute approximate surface area is 207 Å². The molecule has 0 spiro atoms. The molecular formula is C31H48O3. The number of allylic oxidation sites excluding steroid dienone is 2. The van der Waals surface area contributed by atoms with Crippen LogP contribution in [0.15, 0.2) is 11.1 Å². The van der Waals surface area contributed by atoms with Crippen LogP contribution >= 0.6 is 0 Å². The number of rotatable bonds is 2. The molecule has 5 aliphatic carbocycles. The Hall–Kier alpha value is -0.960. The fourth-order valence-corrected chi connectivity index (χ4v) is 11.0. The number of hydrogen-bond acceptors (Lipinski definition) is 3. The number of aldehydes is 1. The molecule has 3 nitrogen and oxygen atoms in total. The second-order valence-corrected chi connectivity index (χ2v) is 14.9. The quantitative estimate of drug-likeness (QED) is 0.448. The molecule has 5 rings (SSSR count). The largest absolute Gasteiger partial charge is 0.393 e. The van der Waals surface area contributed by atoms with Crippen molar-refractivity contribution in [3.05, 3.63) is 11.1 Å². The van der Waals surface area contributed by atoms with Gasteiger partial charge in [0, 0.05) is 6.42 Å². The molecule has 0 amide bonds. The van der Waals surface area contributed by atoms with E-state index >= 15 is 0 Å². The Balaban J connectivity index is 1.64. The highest BCUT2D eigenvalue weighted by molar-refractivity contribution is 6.03. The van der Waals surface area contributed by atoms with Crippen LogP contribution in [-0.4, -0.2) is 23.3 Å². The number of carbonyl (C=O) groups is 2. The van der Waals surface area contributed by atoms with Gasteiger partial charge in [-0.3, -0.25) is 4.79 Å². The lowest BCUT2D eigenvalue weighted by molar-refractivity contribution is -0.267. The van der Waals surface area contributed by atoms with E-state index in [4.69, 9.17) is 0 Å². The van der Waals surface area contributed by atoms with Crippen molar-refractivity contribution in [3.63, 3.8) is 0 Å². The molecule has 0 saturated heterocycles. The summed E-state index contributed by atoms with van der Waals surface area (Å²) in [4.78, 5) is 25.8. The molecule has 0 bridgehead atoms. The van der Waals surface area contributed by atoms with Crippen LogP contribution in [0.5, 0.6) is 0 Å². The summed E-state index contributed by atoms with van der Waals surface area (Å²) >= 11 is 0. The monoisotopic (exact) mass is 468 g/mol. The van der Waals surface area contributed by atoms with Gasteiger partial charge in [0.25, 0.3) is 0 Å². The van der Waals surface area contributed by atoms with Crippen LogP contribution in [0.3, 0.4) is 0 Å². The van der Waals surface area contributed by atoms with Crippen molar-refractivity contribution in [1.29, 1.82) is 0 Å². The third-order valence-corrected chi connectivity index (χ3v) is 13.8. The normalized spacial score (nSPS) is 52.1. The fourth-order valence-electron chi connectivity index (χ4n) is 11.0. The van der Waals surface area contributed by atoms with Gasteiger partial charge in [0.2, 0.25) is 0 Å². The summed E-state index contributed by atoms with van der Waals surface area (Å²) in [5, 5.41) is 11.0. The SMILES string of the molecule is CC(C)C1=C2[C@H]3CC[C@@H]4[C@@]5(C)CC[C@H](O)C(C)(C)[C@]5(C)CC[C@@]4(C)[C@]3(C)CC[C@@]2(C=O)CC1=O. The zero-order chi connectivity index (χ0) is 25.1. The van der Waals surface area contributed by atoms with Gasteiger partial charge in [0.05, 0.1) is 11.5 Å². The lowest BCUT2D eigenvalue weighted by atomic mass is 9.30. The molecule has 0 aromatic rings. The molecular weight excluding hydrogens is 420 g/mol. The highest BCUT2D eigenvalue weighted by Gasteiger charge is 2.72. The van der Waals surface area contributed by atoms with Gasteiger partial charge in [-0.05, 0) is 107 Å². The van der Waals surface area contributed by atoms with Gasteiger partial charge in [-0.1, -0.05) is 55.4 Å². The smallest absolute Gasteiger partial charge is 0.160 e. The van der Waals surface area contributed by atoms with E-state index in [1.165, 1.54) is 18.4 Å². The van der Waals surface area contributed by atoms with Gasteiger partial charge in [0.15, 0.2) is 5.78 Å². The number of fused-ring (bicyclic) bond motifs is 7. The molecule has 1 N–H and O–H groups in total. The predicted octanol–water partition coefficient (Wildman–Crippen LogP) is 6.92. The maximum atomic E-state index is 13.2. The predicted molar refractivity (Wildman–Crippen MR) is 136 cm³/mol. The lowest BCUT2D eigenvalue weighted by Crippen LogP contribution is -2.69. The molecule has 4 fully saturated rings. The van der Waals surface area contributed by atoms with Gasteiger partial charge < -0.3 is 9.90 Å². The number of Topliss-reactive ketones (excluding diaryl/α,β-unsaturated/α-hetero) is 1. The van der Waals surface area contributed by atoms with E-state index < -0.39 is 5.41 Å². The Bertz CT molecular complexity index is 960. The molecule has 4 saturated carbocycles. The van der Waals surface area contributed by atoms with Crippen molar-refractivity contribution < 1.29 is 14.7 Å². The number of ketones is 1. The molecule has 34 heavy (non-hydrogen) atoms. The minimum atomic E-state index is -0.534. The van der Waals surface area contributed by atoms with Crippen LogP contribution in [0.4, 0.5) is 0 Å². The zero-order valence-electron chi connectivity index (χ0n) is 23.0. The molecule has 3 heteroatoms. The van der Waals surface area contributed by atoms with E-state index in [-0.39, 0.29) is 44.9 Å².